The van der Waals surface area contributed by atoms with Crippen LogP contribution in [0.3, 0.4) is 0 Å². The number of carbonyl (C=O) groups excluding carboxylic acids is 1. The SMILES string of the molecule is Cn1ccc(C(=O)N2CCC(Cl)C2)n1. The maximum Gasteiger partial charge on any atom is 0.274 e. The van der Waals surface area contributed by atoms with Gasteiger partial charge in [-0.1, -0.05) is 0 Å². The highest BCUT2D eigenvalue weighted by Crippen LogP contribution is 2.16. The van der Waals surface area contributed by atoms with E-state index in [1.165, 1.54) is 0 Å². The van der Waals surface area contributed by atoms with Gasteiger partial charge in [-0.3, -0.25) is 9.48 Å². The van der Waals surface area contributed by atoms with Gasteiger partial charge in [-0.25, -0.2) is 0 Å². The van der Waals surface area contributed by atoms with Crippen molar-refractivity contribution in [1.82, 2.24) is 14.7 Å². The van der Waals surface area contributed by atoms with Gasteiger partial charge in [-0.05, 0) is 12.5 Å². The van der Waals surface area contributed by atoms with Crippen LogP contribution >= 0.6 is 11.6 Å². The van der Waals surface area contributed by atoms with Crippen LogP contribution in [0.4, 0.5) is 0 Å². The van der Waals surface area contributed by atoms with Gasteiger partial charge in [0.2, 0.25) is 0 Å². The van der Waals surface area contributed by atoms with Crippen molar-refractivity contribution in [2.24, 2.45) is 7.05 Å². The second-order valence-corrected chi connectivity index (χ2v) is 4.13. The van der Waals surface area contributed by atoms with E-state index in [2.05, 4.69) is 5.10 Å². The normalized spacial score (nSPS) is 21.6. The van der Waals surface area contributed by atoms with Crippen molar-refractivity contribution >= 4 is 17.5 Å². The maximum absolute atomic E-state index is 11.8. The number of hydrogen-bond donors (Lipinski definition) is 0. The van der Waals surface area contributed by atoms with Crippen LogP contribution in [-0.4, -0.2) is 39.1 Å². The third-order valence-electron chi connectivity index (χ3n) is 2.35. The van der Waals surface area contributed by atoms with E-state index in [0.29, 0.717) is 12.2 Å². The third-order valence-corrected chi connectivity index (χ3v) is 2.71. The van der Waals surface area contributed by atoms with Gasteiger partial charge in [0.1, 0.15) is 5.69 Å². The Labute approximate surface area is 87.4 Å². The molecule has 0 spiro atoms. The van der Waals surface area contributed by atoms with Gasteiger partial charge in [0, 0.05) is 26.3 Å². The van der Waals surface area contributed by atoms with Crippen molar-refractivity contribution in [3.63, 3.8) is 0 Å². The van der Waals surface area contributed by atoms with Gasteiger partial charge in [-0.15, -0.1) is 11.6 Å². The van der Waals surface area contributed by atoms with Crippen molar-refractivity contribution < 1.29 is 4.79 Å². The zero-order chi connectivity index (χ0) is 10.1. The first-order valence-corrected chi connectivity index (χ1v) is 5.03. The predicted octanol–water partition coefficient (Wildman–Crippen LogP) is 0.873. The second kappa shape index (κ2) is 3.61. The molecule has 4 nitrogen and oxygen atoms in total. The molecule has 1 aliphatic rings. The predicted molar refractivity (Wildman–Crippen MR) is 53.4 cm³/mol. The Morgan fingerprint density at radius 3 is 3.00 bits per heavy atom. The average Bonchev–Trinajstić information content (AvgIpc) is 2.73. The van der Waals surface area contributed by atoms with E-state index in [1.54, 1.807) is 28.9 Å². The Bertz CT molecular complexity index is 350. The molecule has 76 valence electrons. The molecular formula is C9H12ClN3O. The zero-order valence-corrected chi connectivity index (χ0v) is 8.74. The number of aryl methyl sites for hydroxylation is 1. The highest BCUT2D eigenvalue weighted by Gasteiger charge is 2.26. The number of hydrogen-bond acceptors (Lipinski definition) is 2. The standard InChI is InChI=1S/C9H12ClN3O/c1-12-4-3-8(11-12)9(14)13-5-2-7(10)6-13/h3-4,7H,2,5-6H2,1H3. The van der Waals surface area contributed by atoms with E-state index in [-0.39, 0.29) is 11.3 Å². The van der Waals surface area contributed by atoms with Crippen LogP contribution in [0.5, 0.6) is 0 Å². The molecule has 0 aliphatic carbocycles. The Hall–Kier alpha value is -1.03. The molecule has 1 aliphatic heterocycles. The molecule has 0 bridgehead atoms. The number of rotatable bonds is 1. The molecule has 1 unspecified atom stereocenters. The molecule has 1 atom stereocenters. The Morgan fingerprint density at radius 1 is 1.71 bits per heavy atom. The van der Waals surface area contributed by atoms with Crippen LogP contribution in [0.25, 0.3) is 0 Å². The summed E-state index contributed by atoms with van der Waals surface area (Å²) in [6.45, 7) is 1.38. The average molecular weight is 214 g/mol. The minimum Gasteiger partial charge on any atom is -0.336 e. The molecule has 1 amide bonds. The molecule has 1 aromatic rings. The molecule has 1 aromatic heterocycles. The summed E-state index contributed by atoms with van der Waals surface area (Å²) in [5, 5.41) is 4.16. The lowest BCUT2D eigenvalue weighted by Gasteiger charge is -2.13. The van der Waals surface area contributed by atoms with E-state index >= 15 is 0 Å². The van der Waals surface area contributed by atoms with Crippen LogP contribution in [0.2, 0.25) is 0 Å². The number of halogens is 1. The van der Waals surface area contributed by atoms with Crippen molar-refractivity contribution in [1.29, 1.82) is 0 Å². The Morgan fingerprint density at radius 2 is 2.50 bits per heavy atom. The van der Waals surface area contributed by atoms with Gasteiger partial charge in [0.25, 0.3) is 5.91 Å². The minimum atomic E-state index is -0.0197. The van der Waals surface area contributed by atoms with E-state index < -0.39 is 0 Å². The summed E-state index contributed by atoms with van der Waals surface area (Å²) in [5.74, 6) is -0.0197. The molecular weight excluding hydrogens is 202 g/mol. The number of aromatic nitrogens is 2. The van der Waals surface area contributed by atoms with Crippen LogP contribution in [0.1, 0.15) is 16.9 Å². The fourth-order valence-corrected chi connectivity index (χ4v) is 1.86. The molecule has 2 heterocycles. The minimum absolute atomic E-state index is 0.0197. The summed E-state index contributed by atoms with van der Waals surface area (Å²) in [6, 6.07) is 1.73. The van der Waals surface area contributed by atoms with Crippen molar-refractivity contribution in [2.75, 3.05) is 13.1 Å². The summed E-state index contributed by atoms with van der Waals surface area (Å²) in [4.78, 5) is 13.5. The Kier molecular flexibility index (Phi) is 2.46. The van der Waals surface area contributed by atoms with Crippen LogP contribution < -0.4 is 0 Å². The Balaban J connectivity index is 2.09. The van der Waals surface area contributed by atoms with E-state index in [0.717, 1.165) is 13.0 Å². The third kappa shape index (κ3) is 1.75. The van der Waals surface area contributed by atoms with Crippen molar-refractivity contribution in [3.8, 4) is 0 Å². The van der Waals surface area contributed by atoms with Crippen molar-refractivity contribution in [3.05, 3.63) is 18.0 Å². The van der Waals surface area contributed by atoms with Crippen molar-refractivity contribution in [2.45, 2.75) is 11.8 Å². The van der Waals surface area contributed by atoms with Crippen LogP contribution in [0.15, 0.2) is 12.3 Å². The largest absolute Gasteiger partial charge is 0.336 e. The summed E-state index contributed by atoms with van der Waals surface area (Å²) < 4.78 is 1.63. The fourth-order valence-electron chi connectivity index (χ4n) is 1.59. The highest BCUT2D eigenvalue weighted by molar-refractivity contribution is 6.21. The van der Waals surface area contributed by atoms with Gasteiger partial charge in [0.05, 0.1) is 5.38 Å². The van der Waals surface area contributed by atoms with Crippen LogP contribution in [0, 0.1) is 0 Å². The molecule has 5 heteroatoms. The number of alkyl halides is 1. The first-order valence-electron chi connectivity index (χ1n) is 4.60. The molecule has 0 aromatic carbocycles. The molecule has 1 saturated heterocycles. The van der Waals surface area contributed by atoms with Gasteiger partial charge in [-0.2, -0.15) is 5.10 Å². The molecule has 0 radical (unpaired) electrons. The van der Waals surface area contributed by atoms with E-state index in [4.69, 9.17) is 11.6 Å². The molecule has 2 rings (SSSR count). The maximum atomic E-state index is 11.8. The van der Waals surface area contributed by atoms with Gasteiger partial charge < -0.3 is 4.90 Å². The lowest BCUT2D eigenvalue weighted by Crippen LogP contribution is -2.29. The second-order valence-electron chi connectivity index (χ2n) is 3.51. The summed E-state index contributed by atoms with van der Waals surface area (Å²) >= 11 is 5.92. The number of likely N-dealkylation sites (tertiary alicyclic amines) is 1. The first-order chi connectivity index (χ1) is 6.66. The topological polar surface area (TPSA) is 38.1 Å². The zero-order valence-electron chi connectivity index (χ0n) is 7.98. The van der Waals surface area contributed by atoms with E-state index in [1.807, 2.05) is 0 Å². The lowest BCUT2D eigenvalue weighted by atomic mass is 10.4. The smallest absolute Gasteiger partial charge is 0.274 e. The van der Waals surface area contributed by atoms with Gasteiger partial charge in [0.15, 0.2) is 0 Å². The number of nitrogens with zero attached hydrogens (tertiary/aromatic N) is 3. The number of amides is 1. The molecule has 14 heavy (non-hydrogen) atoms. The van der Waals surface area contributed by atoms with E-state index in [9.17, 15) is 4.79 Å². The summed E-state index contributed by atoms with van der Waals surface area (Å²) in [6.07, 6.45) is 2.64. The molecule has 0 saturated carbocycles. The van der Waals surface area contributed by atoms with Crippen LogP contribution in [-0.2, 0) is 7.05 Å². The number of carbonyl (C=O) groups is 1. The fraction of sp³-hybridized carbons (Fsp3) is 0.556. The van der Waals surface area contributed by atoms with Gasteiger partial charge >= 0.3 is 0 Å². The lowest BCUT2D eigenvalue weighted by molar-refractivity contribution is 0.0786. The summed E-state index contributed by atoms with van der Waals surface area (Å²) in [7, 11) is 1.80. The monoisotopic (exact) mass is 213 g/mol. The quantitative estimate of drug-likeness (QED) is 0.650. The first kappa shape index (κ1) is 9.52. The summed E-state index contributed by atoms with van der Waals surface area (Å²) in [5.41, 5.74) is 0.498. The molecule has 0 N–H and O–H groups in total. The highest BCUT2D eigenvalue weighted by atomic mass is 35.5. The molecule has 1 fully saturated rings.